The Bertz CT molecular complexity index is 611. The zero-order valence-corrected chi connectivity index (χ0v) is 19.5. The molecule has 0 rings (SSSR count). The van der Waals surface area contributed by atoms with Crippen LogP contribution in [-0.2, 0) is 19.2 Å². The minimum atomic E-state index is -1.35. The Balaban J connectivity index is 5.27. The van der Waals surface area contributed by atoms with Gasteiger partial charge in [-0.1, -0.05) is 48.0 Å². The number of nitrogens with two attached hydrogens (primary N) is 1. The van der Waals surface area contributed by atoms with Crippen molar-refractivity contribution in [2.75, 3.05) is 6.61 Å². The van der Waals surface area contributed by atoms with Gasteiger partial charge in [-0.2, -0.15) is 0 Å². The average molecular weight is 445 g/mol. The van der Waals surface area contributed by atoms with Crippen LogP contribution in [0.3, 0.4) is 0 Å². The van der Waals surface area contributed by atoms with Crippen molar-refractivity contribution >= 4 is 23.7 Å². The molecule has 10 nitrogen and oxygen atoms in total. The number of carbonyl (C=O) groups is 4. The van der Waals surface area contributed by atoms with Crippen LogP contribution >= 0.6 is 0 Å². The molecule has 5 atom stereocenters. The van der Waals surface area contributed by atoms with Crippen molar-refractivity contribution in [3.8, 4) is 0 Å². The third kappa shape index (κ3) is 10.6. The molecular formula is C21H40N4O6. The molecule has 3 amide bonds. The number of nitrogens with one attached hydrogen (secondary N) is 3. The summed E-state index contributed by atoms with van der Waals surface area (Å²) in [6.45, 7) is 10.4. The third-order valence-corrected chi connectivity index (χ3v) is 5.04. The number of aliphatic hydroxyl groups excluding tert-OH is 1. The molecule has 0 aromatic rings. The summed E-state index contributed by atoms with van der Waals surface area (Å²) in [4.78, 5) is 49.0. The second-order valence-electron chi connectivity index (χ2n) is 8.87. The molecule has 180 valence electrons. The molecule has 10 heteroatoms. The zero-order valence-electron chi connectivity index (χ0n) is 19.5. The fourth-order valence-corrected chi connectivity index (χ4v) is 2.91. The van der Waals surface area contributed by atoms with Gasteiger partial charge in [-0.15, -0.1) is 0 Å². The van der Waals surface area contributed by atoms with E-state index in [1.54, 1.807) is 0 Å². The maximum atomic E-state index is 12.8. The summed E-state index contributed by atoms with van der Waals surface area (Å²) >= 11 is 0. The summed E-state index contributed by atoms with van der Waals surface area (Å²) in [5.41, 5.74) is 5.95. The van der Waals surface area contributed by atoms with Crippen LogP contribution in [0.5, 0.6) is 0 Å². The minimum absolute atomic E-state index is 0.0175. The smallest absolute Gasteiger partial charge is 0.326 e. The van der Waals surface area contributed by atoms with Crippen LogP contribution in [-0.4, -0.2) is 64.7 Å². The third-order valence-electron chi connectivity index (χ3n) is 5.04. The second kappa shape index (κ2) is 14.0. The lowest BCUT2D eigenvalue weighted by molar-refractivity contribution is -0.143. The molecule has 0 aromatic heterocycles. The van der Waals surface area contributed by atoms with Crippen molar-refractivity contribution in [1.29, 1.82) is 0 Å². The first-order chi connectivity index (χ1) is 14.3. The van der Waals surface area contributed by atoms with Gasteiger partial charge in [0.1, 0.15) is 18.1 Å². The molecule has 0 saturated carbocycles. The van der Waals surface area contributed by atoms with E-state index in [-0.39, 0.29) is 24.2 Å². The van der Waals surface area contributed by atoms with Gasteiger partial charge >= 0.3 is 5.97 Å². The number of hydrogen-bond donors (Lipinski definition) is 6. The summed E-state index contributed by atoms with van der Waals surface area (Å²) in [6.07, 6.45) is 1.20. The van der Waals surface area contributed by atoms with Crippen LogP contribution in [0.1, 0.15) is 60.8 Å². The Hall–Kier alpha value is -2.20. The molecule has 0 radical (unpaired) electrons. The van der Waals surface area contributed by atoms with Gasteiger partial charge in [0.25, 0.3) is 0 Å². The van der Waals surface area contributed by atoms with E-state index in [2.05, 4.69) is 16.0 Å². The van der Waals surface area contributed by atoms with E-state index in [0.717, 1.165) is 0 Å². The number of rotatable bonds is 14. The molecule has 0 fully saturated rings. The lowest BCUT2D eigenvalue weighted by Gasteiger charge is -2.26. The number of carboxylic acids is 1. The summed E-state index contributed by atoms with van der Waals surface area (Å²) in [7, 11) is 0. The number of amides is 3. The van der Waals surface area contributed by atoms with Gasteiger partial charge in [0, 0.05) is 0 Å². The first kappa shape index (κ1) is 28.8. The van der Waals surface area contributed by atoms with Crippen LogP contribution in [0.2, 0.25) is 0 Å². The van der Waals surface area contributed by atoms with Crippen molar-refractivity contribution in [3.05, 3.63) is 0 Å². The predicted octanol–water partition coefficient (Wildman–Crippen LogP) is -0.0167. The van der Waals surface area contributed by atoms with Gasteiger partial charge in [-0.05, 0) is 30.6 Å². The Labute approximate surface area is 184 Å². The summed E-state index contributed by atoms with van der Waals surface area (Å²) in [5, 5.41) is 26.3. The minimum Gasteiger partial charge on any atom is -0.480 e. The predicted molar refractivity (Wildman–Crippen MR) is 117 cm³/mol. The van der Waals surface area contributed by atoms with Crippen molar-refractivity contribution in [2.24, 2.45) is 23.5 Å². The number of carbonyl (C=O) groups excluding carboxylic acids is 3. The van der Waals surface area contributed by atoms with Gasteiger partial charge in [0.15, 0.2) is 0 Å². The molecule has 0 aliphatic carbocycles. The highest BCUT2D eigenvalue weighted by atomic mass is 16.4. The number of aliphatic hydroxyl groups is 1. The van der Waals surface area contributed by atoms with Gasteiger partial charge in [0.2, 0.25) is 17.7 Å². The highest BCUT2D eigenvalue weighted by Crippen LogP contribution is 2.10. The van der Waals surface area contributed by atoms with Crippen LogP contribution in [0.25, 0.3) is 0 Å². The highest BCUT2D eigenvalue weighted by Gasteiger charge is 2.31. The Morgan fingerprint density at radius 3 is 1.61 bits per heavy atom. The molecule has 0 saturated heterocycles. The molecule has 0 aliphatic heterocycles. The van der Waals surface area contributed by atoms with E-state index in [1.165, 1.54) is 0 Å². The topological polar surface area (TPSA) is 171 Å². The monoisotopic (exact) mass is 444 g/mol. The van der Waals surface area contributed by atoms with Gasteiger partial charge in [-0.25, -0.2) is 4.79 Å². The SMILES string of the molecule is CCC(C)C(N)C(=O)NC(CC(C)C)C(=O)NC(CO)C(=O)NC(CC(C)C)C(=O)O. The molecule has 5 unspecified atom stereocenters. The van der Waals surface area contributed by atoms with Gasteiger partial charge in [0.05, 0.1) is 12.6 Å². The zero-order chi connectivity index (χ0) is 24.3. The maximum absolute atomic E-state index is 12.8. The summed E-state index contributed by atoms with van der Waals surface area (Å²) < 4.78 is 0. The normalized spacial score (nSPS) is 16.2. The largest absolute Gasteiger partial charge is 0.480 e. The van der Waals surface area contributed by atoms with Gasteiger partial charge in [-0.3, -0.25) is 14.4 Å². The van der Waals surface area contributed by atoms with Crippen molar-refractivity contribution in [1.82, 2.24) is 16.0 Å². The number of aliphatic carboxylic acids is 1. The first-order valence-electron chi connectivity index (χ1n) is 10.8. The van der Waals surface area contributed by atoms with Crippen LogP contribution in [0.4, 0.5) is 0 Å². The number of hydrogen-bond acceptors (Lipinski definition) is 6. The molecular weight excluding hydrogens is 404 g/mol. The lowest BCUT2D eigenvalue weighted by Crippen LogP contribution is -2.58. The highest BCUT2D eigenvalue weighted by molar-refractivity contribution is 5.94. The van der Waals surface area contributed by atoms with Crippen molar-refractivity contribution in [3.63, 3.8) is 0 Å². The molecule has 0 aliphatic rings. The fourth-order valence-electron chi connectivity index (χ4n) is 2.91. The molecule has 0 aromatic carbocycles. The maximum Gasteiger partial charge on any atom is 0.326 e. The molecule has 0 heterocycles. The van der Waals surface area contributed by atoms with Crippen LogP contribution in [0, 0.1) is 17.8 Å². The second-order valence-corrected chi connectivity index (χ2v) is 8.87. The van der Waals surface area contributed by atoms with Crippen molar-refractivity contribution in [2.45, 2.75) is 85.0 Å². The summed E-state index contributed by atoms with van der Waals surface area (Å²) in [5.74, 6) is -3.13. The molecule has 7 N–H and O–H groups in total. The lowest BCUT2D eigenvalue weighted by atomic mass is 9.97. The number of carboxylic acid groups (broad SMARTS) is 1. The van der Waals surface area contributed by atoms with Gasteiger partial charge < -0.3 is 31.9 Å². The van der Waals surface area contributed by atoms with E-state index < -0.39 is 54.5 Å². The quantitative estimate of drug-likeness (QED) is 0.219. The van der Waals surface area contributed by atoms with E-state index in [9.17, 15) is 29.4 Å². The van der Waals surface area contributed by atoms with E-state index in [0.29, 0.717) is 12.8 Å². The molecule has 0 spiro atoms. The Kier molecular flexibility index (Phi) is 13.0. The van der Waals surface area contributed by atoms with E-state index in [4.69, 9.17) is 5.73 Å². The van der Waals surface area contributed by atoms with E-state index >= 15 is 0 Å². The van der Waals surface area contributed by atoms with Crippen LogP contribution in [0.15, 0.2) is 0 Å². The van der Waals surface area contributed by atoms with E-state index in [1.807, 2.05) is 41.5 Å². The van der Waals surface area contributed by atoms with Crippen LogP contribution < -0.4 is 21.7 Å². The fraction of sp³-hybridized carbons (Fsp3) is 0.810. The van der Waals surface area contributed by atoms with Crippen molar-refractivity contribution < 1.29 is 29.4 Å². The standard InChI is InChI=1S/C21H40N4O6/c1-7-13(6)17(22)20(29)23-14(8-11(2)3)18(27)25-16(10-26)19(28)24-15(21(30)31)9-12(4)5/h11-17,26H,7-10,22H2,1-6H3,(H,23,29)(H,24,28)(H,25,27)(H,30,31). The molecule has 0 bridgehead atoms. The molecule has 31 heavy (non-hydrogen) atoms. The summed E-state index contributed by atoms with van der Waals surface area (Å²) in [6, 6.07) is -4.22. The Morgan fingerprint density at radius 2 is 1.19 bits per heavy atom. The Morgan fingerprint density at radius 1 is 0.774 bits per heavy atom. The average Bonchev–Trinajstić information content (AvgIpc) is 2.68. The first-order valence-corrected chi connectivity index (χ1v) is 10.8.